The summed E-state index contributed by atoms with van der Waals surface area (Å²) in [5.74, 6) is 0. The lowest BCUT2D eigenvalue weighted by Crippen LogP contribution is -2.27. The van der Waals surface area contributed by atoms with Crippen LogP contribution in [-0.2, 0) is 16.6 Å². The molecule has 2 heterocycles. The number of nitriles is 1. The average molecular weight is 392 g/mol. The molecule has 1 aromatic heterocycles. The Morgan fingerprint density at radius 2 is 1.79 bits per heavy atom. The third-order valence-corrected chi connectivity index (χ3v) is 6.90. The molecule has 0 bridgehead atoms. The molecule has 0 atom stereocenters. The van der Waals surface area contributed by atoms with Crippen molar-refractivity contribution in [1.29, 1.82) is 5.26 Å². The van der Waals surface area contributed by atoms with Gasteiger partial charge in [-0.15, -0.1) is 0 Å². The molecule has 1 N–H and O–H groups in total. The van der Waals surface area contributed by atoms with Gasteiger partial charge in [0.15, 0.2) is 0 Å². The van der Waals surface area contributed by atoms with Gasteiger partial charge in [-0.25, -0.2) is 8.42 Å². The molecule has 1 saturated heterocycles. The number of fused-ring (bicyclic) bond motifs is 1. The standard InChI is InChI=1S/C21H20N4O2S/c22-13-17-15-23-20-6-2-1-5-19(20)21(17)24-14-16-7-9-18(10-8-16)28(26,27)25-11-3-4-12-25/h1-2,5-10,15H,3-4,11-12,14H2,(H,23,24). The van der Waals surface area contributed by atoms with E-state index in [1.165, 1.54) is 0 Å². The van der Waals surface area contributed by atoms with Crippen molar-refractivity contribution in [2.45, 2.75) is 24.3 Å². The zero-order chi connectivity index (χ0) is 19.6. The minimum Gasteiger partial charge on any atom is -0.379 e. The van der Waals surface area contributed by atoms with E-state index in [-0.39, 0.29) is 0 Å². The summed E-state index contributed by atoms with van der Waals surface area (Å²) in [5, 5.41) is 13.6. The highest BCUT2D eigenvalue weighted by Gasteiger charge is 2.26. The molecular formula is C21H20N4O2S. The third kappa shape index (κ3) is 3.44. The summed E-state index contributed by atoms with van der Waals surface area (Å²) in [6.45, 7) is 1.67. The highest BCUT2D eigenvalue weighted by molar-refractivity contribution is 7.89. The maximum Gasteiger partial charge on any atom is 0.243 e. The van der Waals surface area contributed by atoms with Crippen LogP contribution < -0.4 is 5.32 Å². The number of aromatic nitrogens is 1. The van der Waals surface area contributed by atoms with Crippen LogP contribution in [0, 0.1) is 11.3 Å². The summed E-state index contributed by atoms with van der Waals surface area (Å²) in [5.41, 5.74) is 2.97. The van der Waals surface area contributed by atoms with E-state index in [4.69, 9.17) is 0 Å². The quantitative estimate of drug-likeness (QED) is 0.718. The Bertz CT molecular complexity index is 1150. The van der Waals surface area contributed by atoms with Crippen LogP contribution >= 0.6 is 0 Å². The van der Waals surface area contributed by atoms with Crippen LogP contribution in [-0.4, -0.2) is 30.8 Å². The highest BCUT2D eigenvalue weighted by atomic mass is 32.2. The van der Waals surface area contributed by atoms with Crippen molar-refractivity contribution in [1.82, 2.24) is 9.29 Å². The maximum atomic E-state index is 12.6. The van der Waals surface area contributed by atoms with Gasteiger partial charge in [0.25, 0.3) is 0 Å². The summed E-state index contributed by atoms with van der Waals surface area (Å²) in [7, 11) is -3.40. The topological polar surface area (TPSA) is 86.1 Å². The van der Waals surface area contributed by atoms with Gasteiger partial charge in [0.1, 0.15) is 6.07 Å². The van der Waals surface area contributed by atoms with Crippen LogP contribution in [0.2, 0.25) is 0 Å². The zero-order valence-corrected chi connectivity index (χ0v) is 16.1. The molecule has 1 fully saturated rings. The first-order valence-electron chi connectivity index (χ1n) is 9.20. The van der Waals surface area contributed by atoms with Crippen molar-refractivity contribution in [3.63, 3.8) is 0 Å². The maximum absolute atomic E-state index is 12.6. The van der Waals surface area contributed by atoms with Crippen molar-refractivity contribution >= 4 is 26.6 Å². The smallest absolute Gasteiger partial charge is 0.243 e. The van der Waals surface area contributed by atoms with Crippen molar-refractivity contribution in [3.8, 4) is 6.07 Å². The summed E-state index contributed by atoms with van der Waals surface area (Å²) < 4.78 is 26.8. The van der Waals surface area contributed by atoms with E-state index in [2.05, 4.69) is 16.4 Å². The van der Waals surface area contributed by atoms with E-state index >= 15 is 0 Å². The Kier molecular flexibility index (Phi) is 4.99. The lowest BCUT2D eigenvalue weighted by atomic mass is 10.1. The van der Waals surface area contributed by atoms with E-state index in [1.54, 1.807) is 22.6 Å². The molecule has 0 saturated carbocycles. The van der Waals surface area contributed by atoms with E-state index < -0.39 is 10.0 Å². The van der Waals surface area contributed by atoms with Gasteiger partial charge in [0.2, 0.25) is 10.0 Å². The minimum atomic E-state index is -3.40. The van der Waals surface area contributed by atoms with E-state index in [0.29, 0.717) is 30.1 Å². The lowest BCUT2D eigenvalue weighted by molar-refractivity contribution is 0.477. The Hall–Kier alpha value is -2.95. The Balaban J connectivity index is 1.55. The van der Waals surface area contributed by atoms with Crippen LogP contribution in [0.5, 0.6) is 0 Å². The monoisotopic (exact) mass is 392 g/mol. The number of hydrogen-bond donors (Lipinski definition) is 1. The number of rotatable bonds is 5. The number of nitrogens with one attached hydrogen (secondary N) is 1. The molecule has 0 aliphatic carbocycles. The van der Waals surface area contributed by atoms with Gasteiger partial charge in [-0.2, -0.15) is 9.57 Å². The highest BCUT2D eigenvalue weighted by Crippen LogP contribution is 2.26. The van der Waals surface area contributed by atoms with Crippen LogP contribution in [0.25, 0.3) is 10.9 Å². The van der Waals surface area contributed by atoms with E-state index in [0.717, 1.165) is 35.0 Å². The molecule has 142 valence electrons. The number of benzene rings is 2. The summed E-state index contributed by atoms with van der Waals surface area (Å²) in [6, 6.07) is 16.8. The number of nitrogens with zero attached hydrogens (tertiary/aromatic N) is 3. The van der Waals surface area contributed by atoms with Gasteiger partial charge in [0.05, 0.1) is 21.7 Å². The van der Waals surface area contributed by atoms with Crippen molar-refractivity contribution in [3.05, 3.63) is 65.9 Å². The normalized spacial score (nSPS) is 14.8. The van der Waals surface area contributed by atoms with Gasteiger partial charge in [-0.05, 0) is 36.6 Å². The van der Waals surface area contributed by atoms with Crippen LogP contribution in [0.4, 0.5) is 5.69 Å². The summed E-state index contributed by atoms with van der Waals surface area (Å²) in [4.78, 5) is 4.63. The Morgan fingerprint density at radius 3 is 2.50 bits per heavy atom. The number of pyridine rings is 1. The fourth-order valence-electron chi connectivity index (χ4n) is 3.46. The van der Waals surface area contributed by atoms with Gasteiger partial charge in [0, 0.05) is 31.2 Å². The van der Waals surface area contributed by atoms with Gasteiger partial charge >= 0.3 is 0 Å². The predicted octanol–water partition coefficient (Wildman–Crippen LogP) is 3.50. The molecule has 4 rings (SSSR count). The molecule has 6 nitrogen and oxygen atoms in total. The number of para-hydroxylation sites is 1. The molecule has 0 spiro atoms. The molecule has 2 aromatic carbocycles. The first kappa shape index (κ1) is 18.4. The summed E-state index contributed by atoms with van der Waals surface area (Å²) >= 11 is 0. The first-order valence-corrected chi connectivity index (χ1v) is 10.6. The molecule has 0 amide bonds. The second-order valence-electron chi connectivity index (χ2n) is 6.78. The van der Waals surface area contributed by atoms with Crippen LogP contribution in [0.15, 0.2) is 59.6 Å². The number of hydrogen-bond acceptors (Lipinski definition) is 5. The molecule has 1 aliphatic heterocycles. The Morgan fingerprint density at radius 1 is 1.07 bits per heavy atom. The van der Waals surface area contributed by atoms with E-state index in [9.17, 15) is 13.7 Å². The van der Waals surface area contributed by atoms with Crippen molar-refractivity contribution < 1.29 is 8.42 Å². The van der Waals surface area contributed by atoms with Crippen LogP contribution in [0.3, 0.4) is 0 Å². The number of anilines is 1. The molecule has 28 heavy (non-hydrogen) atoms. The second-order valence-corrected chi connectivity index (χ2v) is 8.72. The van der Waals surface area contributed by atoms with Crippen molar-refractivity contribution in [2.75, 3.05) is 18.4 Å². The van der Waals surface area contributed by atoms with E-state index in [1.807, 2.05) is 36.4 Å². The molecule has 7 heteroatoms. The molecule has 0 unspecified atom stereocenters. The fourth-order valence-corrected chi connectivity index (χ4v) is 4.98. The van der Waals surface area contributed by atoms with Crippen LogP contribution in [0.1, 0.15) is 24.0 Å². The largest absolute Gasteiger partial charge is 0.379 e. The Labute approximate surface area is 164 Å². The molecule has 3 aromatic rings. The van der Waals surface area contributed by atoms with Gasteiger partial charge in [-0.3, -0.25) is 4.98 Å². The predicted molar refractivity (Wildman–Crippen MR) is 108 cm³/mol. The second kappa shape index (κ2) is 7.58. The molecular weight excluding hydrogens is 372 g/mol. The average Bonchev–Trinajstić information content (AvgIpc) is 3.28. The van der Waals surface area contributed by atoms with Gasteiger partial charge in [-0.1, -0.05) is 30.3 Å². The molecule has 1 aliphatic rings. The first-order chi connectivity index (χ1) is 13.6. The zero-order valence-electron chi connectivity index (χ0n) is 15.3. The lowest BCUT2D eigenvalue weighted by Gasteiger charge is -2.16. The number of sulfonamides is 1. The molecule has 0 radical (unpaired) electrons. The van der Waals surface area contributed by atoms with Crippen molar-refractivity contribution in [2.24, 2.45) is 0 Å². The van der Waals surface area contributed by atoms with Gasteiger partial charge < -0.3 is 5.32 Å². The third-order valence-electron chi connectivity index (χ3n) is 4.99. The SMILES string of the molecule is N#Cc1cnc2ccccc2c1NCc1ccc(S(=O)(=O)N2CCCC2)cc1. The minimum absolute atomic E-state index is 0.324. The summed E-state index contributed by atoms with van der Waals surface area (Å²) in [6.07, 6.45) is 3.40. The fraction of sp³-hybridized carbons (Fsp3) is 0.238.